The summed E-state index contributed by atoms with van der Waals surface area (Å²) in [5.74, 6) is 0.876. The van der Waals surface area contributed by atoms with Gasteiger partial charge in [-0.05, 0) is 25.8 Å². The van der Waals surface area contributed by atoms with Crippen molar-refractivity contribution in [1.82, 2.24) is 9.88 Å². The number of likely N-dealkylation sites (tertiary alicyclic amines) is 1. The summed E-state index contributed by atoms with van der Waals surface area (Å²) >= 11 is 1.82. The molecular formula is C10H16N2S. The van der Waals surface area contributed by atoms with E-state index in [-0.39, 0.29) is 0 Å². The lowest BCUT2D eigenvalue weighted by molar-refractivity contribution is 0.320. The van der Waals surface area contributed by atoms with Crippen LogP contribution in [0.25, 0.3) is 0 Å². The minimum atomic E-state index is 0.876. The van der Waals surface area contributed by atoms with Gasteiger partial charge in [-0.1, -0.05) is 6.92 Å². The lowest BCUT2D eigenvalue weighted by Crippen LogP contribution is -2.19. The summed E-state index contributed by atoms with van der Waals surface area (Å²) in [5, 5.41) is 1.27. The molecule has 1 saturated heterocycles. The van der Waals surface area contributed by atoms with Gasteiger partial charge in [-0.15, -0.1) is 11.3 Å². The molecule has 0 N–H and O–H groups in total. The summed E-state index contributed by atoms with van der Waals surface area (Å²) in [7, 11) is 0. The van der Waals surface area contributed by atoms with Crippen molar-refractivity contribution in [3.63, 3.8) is 0 Å². The zero-order valence-corrected chi connectivity index (χ0v) is 9.10. The summed E-state index contributed by atoms with van der Waals surface area (Å²) in [6.45, 7) is 8.00. The SMILES string of the molecule is Cc1cnc(CN2CCC(C)C2)s1. The smallest absolute Gasteiger partial charge is 0.107 e. The monoisotopic (exact) mass is 196 g/mol. The molecule has 0 aliphatic carbocycles. The molecule has 13 heavy (non-hydrogen) atoms. The van der Waals surface area contributed by atoms with Crippen molar-refractivity contribution in [2.75, 3.05) is 13.1 Å². The van der Waals surface area contributed by atoms with E-state index in [1.165, 1.54) is 29.4 Å². The molecule has 2 heterocycles. The van der Waals surface area contributed by atoms with Crippen LogP contribution in [0.3, 0.4) is 0 Å². The molecule has 0 spiro atoms. The van der Waals surface area contributed by atoms with Gasteiger partial charge in [0, 0.05) is 17.6 Å². The van der Waals surface area contributed by atoms with E-state index in [0.29, 0.717) is 0 Å². The van der Waals surface area contributed by atoms with Gasteiger partial charge in [0.2, 0.25) is 0 Å². The van der Waals surface area contributed by atoms with E-state index in [4.69, 9.17) is 0 Å². The first-order valence-electron chi connectivity index (χ1n) is 4.87. The van der Waals surface area contributed by atoms with Gasteiger partial charge in [0.25, 0.3) is 0 Å². The molecule has 0 amide bonds. The van der Waals surface area contributed by atoms with E-state index in [1.807, 2.05) is 17.5 Å². The van der Waals surface area contributed by atoms with Crippen LogP contribution in [0.1, 0.15) is 23.2 Å². The van der Waals surface area contributed by atoms with Gasteiger partial charge in [-0.2, -0.15) is 0 Å². The maximum Gasteiger partial charge on any atom is 0.107 e. The fourth-order valence-electron chi connectivity index (χ4n) is 1.84. The Morgan fingerprint density at radius 2 is 2.54 bits per heavy atom. The highest BCUT2D eigenvalue weighted by Crippen LogP contribution is 2.19. The molecule has 1 aliphatic heterocycles. The van der Waals surface area contributed by atoms with Crippen molar-refractivity contribution in [3.05, 3.63) is 16.1 Å². The van der Waals surface area contributed by atoms with Crippen LogP contribution in [0.4, 0.5) is 0 Å². The Kier molecular flexibility index (Phi) is 2.65. The number of hydrogen-bond donors (Lipinski definition) is 0. The van der Waals surface area contributed by atoms with Gasteiger partial charge in [-0.25, -0.2) is 4.98 Å². The third-order valence-corrected chi connectivity index (χ3v) is 3.43. The average molecular weight is 196 g/mol. The Morgan fingerprint density at radius 1 is 1.69 bits per heavy atom. The molecule has 1 aromatic heterocycles. The minimum Gasteiger partial charge on any atom is -0.296 e. The summed E-state index contributed by atoms with van der Waals surface area (Å²) in [6.07, 6.45) is 3.32. The lowest BCUT2D eigenvalue weighted by atomic mass is 10.2. The largest absolute Gasteiger partial charge is 0.296 e. The number of aromatic nitrogens is 1. The third-order valence-electron chi connectivity index (χ3n) is 2.54. The molecule has 3 heteroatoms. The predicted octanol–water partition coefficient (Wildman–Crippen LogP) is 2.29. The summed E-state index contributed by atoms with van der Waals surface area (Å²) < 4.78 is 0. The third kappa shape index (κ3) is 2.29. The Bertz CT molecular complexity index is 282. The predicted molar refractivity (Wildman–Crippen MR) is 55.9 cm³/mol. The van der Waals surface area contributed by atoms with Gasteiger partial charge < -0.3 is 0 Å². The fraction of sp³-hybridized carbons (Fsp3) is 0.700. The first-order chi connectivity index (χ1) is 6.24. The van der Waals surface area contributed by atoms with Crippen molar-refractivity contribution < 1.29 is 0 Å². The number of nitrogens with zero attached hydrogens (tertiary/aromatic N) is 2. The van der Waals surface area contributed by atoms with Gasteiger partial charge >= 0.3 is 0 Å². The van der Waals surface area contributed by atoms with Gasteiger partial charge in [0.1, 0.15) is 5.01 Å². The average Bonchev–Trinajstić information content (AvgIpc) is 2.62. The van der Waals surface area contributed by atoms with Crippen molar-refractivity contribution >= 4 is 11.3 Å². The van der Waals surface area contributed by atoms with E-state index in [9.17, 15) is 0 Å². The lowest BCUT2D eigenvalue weighted by Gasteiger charge is -2.12. The van der Waals surface area contributed by atoms with Crippen LogP contribution in [-0.2, 0) is 6.54 Å². The normalized spacial score (nSPS) is 24.0. The number of hydrogen-bond acceptors (Lipinski definition) is 3. The first-order valence-corrected chi connectivity index (χ1v) is 5.69. The molecule has 1 atom stereocenters. The number of thiazole rings is 1. The van der Waals surface area contributed by atoms with Crippen LogP contribution in [0.5, 0.6) is 0 Å². The van der Waals surface area contributed by atoms with Gasteiger partial charge in [-0.3, -0.25) is 4.90 Å². The molecule has 0 bridgehead atoms. The Labute approximate surface area is 83.6 Å². The Balaban J connectivity index is 1.91. The number of rotatable bonds is 2. The van der Waals surface area contributed by atoms with Crippen LogP contribution >= 0.6 is 11.3 Å². The van der Waals surface area contributed by atoms with Crippen LogP contribution < -0.4 is 0 Å². The van der Waals surface area contributed by atoms with Crippen molar-refractivity contribution in [1.29, 1.82) is 0 Å². The van der Waals surface area contributed by atoms with Crippen LogP contribution in [0, 0.1) is 12.8 Å². The van der Waals surface area contributed by atoms with Crippen LogP contribution in [0.2, 0.25) is 0 Å². The maximum absolute atomic E-state index is 4.38. The highest BCUT2D eigenvalue weighted by Gasteiger charge is 2.19. The van der Waals surface area contributed by atoms with Crippen LogP contribution in [-0.4, -0.2) is 23.0 Å². The fourth-order valence-corrected chi connectivity index (χ4v) is 2.67. The molecular weight excluding hydrogens is 180 g/mol. The van der Waals surface area contributed by atoms with E-state index >= 15 is 0 Å². The highest BCUT2D eigenvalue weighted by molar-refractivity contribution is 7.11. The Hall–Kier alpha value is -0.410. The van der Waals surface area contributed by atoms with E-state index in [0.717, 1.165) is 12.5 Å². The molecule has 0 saturated carbocycles. The molecule has 1 aromatic rings. The van der Waals surface area contributed by atoms with E-state index in [1.54, 1.807) is 0 Å². The van der Waals surface area contributed by atoms with Gasteiger partial charge in [0.05, 0.1) is 6.54 Å². The maximum atomic E-state index is 4.38. The van der Waals surface area contributed by atoms with Crippen LogP contribution in [0.15, 0.2) is 6.20 Å². The second kappa shape index (κ2) is 3.76. The molecule has 1 unspecified atom stereocenters. The first kappa shape index (κ1) is 9.16. The van der Waals surface area contributed by atoms with Crippen molar-refractivity contribution in [2.24, 2.45) is 5.92 Å². The van der Waals surface area contributed by atoms with E-state index in [2.05, 4.69) is 23.7 Å². The minimum absolute atomic E-state index is 0.876. The second-order valence-electron chi connectivity index (χ2n) is 3.99. The quantitative estimate of drug-likeness (QED) is 0.721. The zero-order chi connectivity index (χ0) is 9.26. The zero-order valence-electron chi connectivity index (χ0n) is 8.29. The summed E-state index contributed by atoms with van der Waals surface area (Å²) in [5.41, 5.74) is 0. The second-order valence-corrected chi connectivity index (χ2v) is 5.31. The van der Waals surface area contributed by atoms with Crippen molar-refractivity contribution in [2.45, 2.75) is 26.8 Å². The van der Waals surface area contributed by atoms with Crippen molar-refractivity contribution in [3.8, 4) is 0 Å². The summed E-state index contributed by atoms with van der Waals surface area (Å²) in [6, 6.07) is 0. The number of aryl methyl sites for hydroxylation is 1. The van der Waals surface area contributed by atoms with Gasteiger partial charge in [0.15, 0.2) is 0 Å². The van der Waals surface area contributed by atoms with E-state index < -0.39 is 0 Å². The molecule has 2 rings (SSSR count). The molecule has 72 valence electrons. The molecule has 2 nitrogen and oxygen atoms in total. The standard InChI is InChI=1S/C10H16N2S/c1-8-3-4-12(6-8)7-10-11-5-9(2)13-10/h5,8H,3-4,6-7H2,1-2H3. The molecule has 0 radical (unpaired) electrons. The summed E-state index contributed by atoms with van der Waals surface area (Å²) in [4.78, 5) is 8.21. The molecule has 1 aliphatic rings. The molecule has 1 fully saturated rings. The highest BCUT2D eigenvalue weighted by atomic mass is 32.1. The molecule has 0 aromatic carbocycles. The topological polar surface area (TPSA) is 16.1 Å². The Morgan fingerprint density at radius 3 is 3.08 bits per heavy atom.